The molecule has 0 spiro atoms. The number of aliphatic hydroxyl groups is 1. The molecule has 0 aromatic carbocycles. The minimum atomic E-state index is -1.85. The van der Waals surface area contributed by atoms with Gasteiger partial charge in [0, 0.05) is 6.20 Å². The quantitative estimate of drug-likeness (QED) is 0.838. The summed E-state index contributed by atoms with van der Waals surface area (Å²) in [6.45, 7) is 12.9. The second-order valence-corrected chi connectivity index (χ2v) is 11.4. The summed E-state index contributed by atoms with van der Waals surface area (Å²) in [4.78, 5) is 4.19. The third-order valence-corrected chi connectivity index (χ3v) is 8.49. The number of aromatic nitrogens is 1. The van der Waals surface area contributed by atoms with Gasteiger partial charge in [-0.2, -0.15) is 0 Å². The van der Waals surface area contributed by atoms with E-state index in [1.165, 1.54) is 0 Å². The molecule has 0 aliphatic heterocycles. The maximum absolute atomic E-state index is 10.2. The van der Waals surface area contributed by atoms with E-state index in [2.05, 4.69) is 38.8 Å². The van der Waals surface area contributed by atoms with E-state index in [0.29, 0.717) is 0 Å². The molecule has 1 aromatic heterocycles. The van der Waals surface area contributed by atoms with Gasteiger partial charge < -0.3 is 9.53 Å². The predicted molar refractivity (Wildman–Crippen MR) is 87.0 cm³/mol. The zero-order valence-electron chi connectivity index (χ0n) is 13.4. The summed E-state index contributed by atoms with van der Waals surface area (Å²) >= 11 is 0. The van der Waals surface area contributed by atoms with Crippen LogP contribution in [0.3, 0.4) is 0 Å². The molecule has 2 atom stereocenters. The summed E-state index contributed by atoms with van der Waals surface area (Å²) in [7, 11) is -1.85. The first kappa shape index (κ1) is 17.1. The molecule has 0 saturated heterocycles. The summed E-state index contributed by atoms with van der Waals surface area (Å²) in [5.41, 5.74) is 0.839. The van der Waals surface area contributed by atoms with Gasteiger partial charge in [-0.05, 0) is 43.3 Å². The van der Waals surface area contributed by atoms with Crippen LogP contribution < -0.4 is 0 Å². The molecule has 0 saturated carbocycles. The topological polar surface area (TPSA) is 42.4 Å². The summed E-state index contributed by atoms with van der Waals surface area (Å²) in [6.07, 6.45) is 4.49. The molecular formula is C16H27NO2Si. The first-order valence-corrected chi connectivity index (χ1v) is 9.99. The van der Waals surface area contributed by atoms with Gasteiger partial charge in [-0.15, -0.1) is 0 Å². The van der Waals surface area contributed by atoms with E-state index < -0.39 is 14.4 Å². The van der Waals surface area contributed by atoms with Crippen molar-refractivity contribution in [1.29, 1.82) is 0 Å². The third kappa shape index (κ3) is 4.85. The van der Waals surface area contributed by atoms with Gasteiger partial charge in [-0.1, -0.05) is 32.9 Å². The maximum Gasteiger partial charge on any atom is 0.192 e. The lowest BCUT2D eigenvalue weighted by molar-refractivity contribution is 0.0697. The first-order chi connectivity index (χ1) is 9.13. The number of hydrogen-bond donors (Lipinski definition) is 1. The van der Waals surface area contributed by atoms with Crippen molar-refractivity contribution in [1.82, 2.24) is 4.98 Å². The summed E-state index contributed by atoms with van der Waals surface area (Å²) in [5.74, 6) is 0. The molecule has 0 radical (unpaired) electrons. The molecule has 0 bridgehead atoms. The van der Waals surface area contributed by atoms with Crippen LogP contribution in [0.5, 0.6) is 0 Å². The Kier molecular flexibility index (Phi) is 5.68. The highest BCUT2D eigenvalue weighted by Crippen LogP contribution is 2.37. The largest absolute Gasteiger partial charge is 0.411 e. The van der Waals surface area contributed by atoms with Gasteiger partial charge in [0.2, 0.25) is 0 Å². The number of rotatable bonds is 5. The van der Waals surface area contributed by atoms with Crippen molar-refractivity contribution in [2.45, 2.75) is 58.0 Å². The lowest BCUT2D eigenvalue weighted by Gasteiger charge is -2.39. The predicted octanol–water partition coefficient (Wildman–Crippen LogP) is 3.87. The molecule has 1 N–H and O–H groups in total. The fourth-order valence-electron chi connectivity index (χ4n) is 1.54. The van der Waals surface area contributed by atoms with Crippen LogP contribution in [0.4, 0.5) is 0 Å². The van der Waals surface area contributed by atoms with Gasteiger partial charge in [-0.3, -0.25) is 4.98 Å². The van der Waals surface area contributed by atoms with Crippen molar-refractivity contribution in [3.05, 3.63) is 36.2 Å². The molecule has 112 valence electrons. The van der Waals surface area contributed by atoms with Gasteiger partial charge >= 0.3 is 0 Å². The Morgan fingerprint density at radius 3 is 2.45 bits per heavy atom. The fourth-order valence-corrected chi connectivity index (χ4v) is 2.96. The molecule has 20 heavy (non-hydrogen) atoms. The highest BCUT2D eigenvalue weighted by molar-refractivity contribution is 6.74. The molecule has 0 unspecified atom stereocenters. The van der Waals surface area contributed by atoms with Crippen LogP contribution >= 0.6 is 0 Å². The zero-order chi connectivity index (χ0) is 15.4. The Labute approximate surface area is 123 Å². The van der Waals surface area contributed by atoms with E-state index in [4.69, 9.17) is 4.43 Å². The van der Waals surface area contributed by atoms with E-state index in [0.717, 1.165) is 5.69 Å². The van der Waals surface area contributed by atoms with Crippen molar-refractivity contribution in [2.75, 3.05) is 0 Å². The molecule has 0 aliphatic rings. The van der Waals surface area contributed by atoms with Crippen molar-refractivity contribution < 1.29 is 9.53 Å². The second kappa shape index (κ2) is 6.65. The van der Waals surface area contributed by atoms with Gasteiger partial charge in [0.05, 0.1) is 17.9 Å². The Balaban J connectivity index is 2.64. The van der Waals surface area contributed by atoms with Crippen molar-refractivity contribution in [3.8, 4) is 0 Å². The van der Waals surface area contributed by atoms with Gasteiger partial charge in [0.1, 0.15) is 0 Å². The number of aliphatic hydroxyl groups excluding tert-OH is 1. The second-order valence-electron chi connectivity index (χ2n) is 6.69. The Bertz CT molecular complexity index is 438. The lowest BCUT2D eigenvalue weighted by atomic mass is 10.2. The van der Waals surface area contributed by atoms with Crippen molar-refractivity contribution >= 4 is 14.4 Å². The summed E-state index contributed by atoms with van der Waals surface area (Å²) in [5, 5.41) is 10.3. The average Bonchev–Trinajstić information content (AvgIpc) is 2.35. The van der Waals surface area contributed by atoms with Gasteiger partial charge in [-0.25, -0.2) is 0 Å². The number of nitrogens with zero attached hydrogens (tertiary/aromatic N) is 1. The third-order valence-electron chi connectivity index (χ3n) is 3.92. The minimum absolute atomic E-state index is 0.145. The van der Waals surface area contributed by atoms with Crippen molar-refractivity contribution in [2.24, 2.45) is 0 Å². The molecular weight excluding hydrogens is 266 g/mol. The lowest BCUT2D eigenvalue weighted by Crippen LogP contribution is -2.45. The monoisotopic (exact) mass is 293 g/mol. The molecule has 1 rings (SSSR count). The number of pyridine rings is 1. The van der Waals surface area contributed by atoms with Crippen LogP contribution in [0.2, 0.25) is 18.1 Å². The molecule has 3 nitrogen and oxygen atoms in total. The van der Waals surface area contributed by atoms with Gasteiger partial charge in [0.15, 0.2) is 8.32 Å². The van der Waals surface area contributed by atoms with Crippen LogP contribution in [0.15, 0.2) is 30.5 Å². The normalized spacial score (nSPS) is 16.4. The molecule has 0 amide bonds. The van der Waals surface area contributed by atoms with E-state index in [1.54, 1.807) is 12.3 Å². The van der Waals surface area contributed by atoms with Crippen LogP contribution in [0, 0.1) is 0 Å². The first-order valence-electron chi connectivity index (χ1n) is 7.08. The minimum Gasteiger partial charge on any atom is -0.411 e. The maximum atomic E-state index is 10.2. The Morgan fingerprint density at radius 1 is 1.30 bits per heavy atom. The van der Waals surface area contributed by atoms with Gasteiger partial charge in [0.25, 0.3) is 0 Å². The summed E-state index contributed by atoms with van der Waals surface area (Å²) in [6, 6.07) is 5.70. The van der Waals surface area contributed by atoms with Crippen molar-refractivity contribution in [3.63, 3.8) is 0 Å². The van der Waals surface area contributed by atoms with E-state index in [9.17, 15) is 5.11 Å². The van der Waals surface area contributed by atoms with Crippen LogP contribution in [0.1, 0.15) is 33.4 Å². The molecule has 1 aromatic rings. The highest BCUT2D eigenvalue weighted by Gasteiger charge is 2.39. The molecule has 1 heterocycles. The van der Waals surface area contributed by atoms with E-state index in [-0.39, 0.29) is 11.1 Å². The zero-order valence-corrected chi connectivity index (χ0v) is 14.4. The molecule has 0 fully saturated rings. The molecule has 0 aliphatic carbocycles. The van der Waals surface area contributed by atoms with E-state index in [1.807, 2.05) is 31.2 Å². The number of hydrogen-bond acceptors (Lipinski definition) is 3. The highest BCUT2D eigenvalue weighted by atomic mass is 28.4. The van der Waals surface area contributed by atoms with Crippen LogP contribution in [-0.4, -0.2) is 30.6 Å². The van der Waals surface area contributed by atoms with Crippen LogP contribution in [0.25, 0.3) is 6.08 Å². The Morgan fingerprint density at radius 2 is 1.95 bits per heavy atom. The van der Waals surface area contributed by atoms with Crippen LogP contribution in [-0.2, 0) is 4.43 Å². The van der Waals surface area contributed by atoms with E-state index >= 15 is 0 Å². The average molecular weight is 293 g/mol. The Hall–Kier alpha value is -0.973. The summed E-state index contributed by atoms with van der Waals surface area (Å²) < 4.78 is 6.17. The smallest absolute Gasteiger partial charge is 0.192 e. The standard InChI is InChI=1S/C16H27NO2Si/c1-13(19-20(5,6)16(2,3)4)15(18)11-10-14-9-7-8-12-17-14/h7-13,15,18H,1-6H3/b11-10+/t13-,15+/m0/s1. The SMILES string of the molecule is C[C@H](O[Si](C)(C)C(C)(C)C)[C@H](O)/C=C/c1ccccn1. The fraction of sp³-hybridized carbons (Fsp3) is 0.562. The molecule has 4 heteroatoms.